The van der Waals surface area contributed by atoms with E-state index in [1.165, 1.54) is 26.2 Å². The van der Waals surface area contributed by atoms with Crippen molar-refractivity contribution in [1.82, 2.24) is 10.6 Å². The molecule has 0 saturated carbocycles. The second-order valence-electron chi connectivity index (χ2n) is 9.51. The molecule has 0 spiro atoms. The third-order valence-corrected chi connectivity index (χ3v) is 6.73. The van der Waals surface area contributed by atoms with E-state index >= 15 is 0 Å². The number of carbonyl (C=O) groups excluding carboxylic acids is 2. The molecule has 10 unspecified atom stereocenters. The van der Waals surface area contributed by atoms with Gasteiger partial charge in [-0.05, 0) is 31.0 Å². The second-order valence-corrected chi connectivity index (χ2v) is 9.51. The number of phenolic OH excluding ortho intramolecular Hbond substituents is 3. The van der Waals surface area contributed by atoms with Crippen LogP contribution >= 0.6 is 0 Å². The van der Waals surface area contributed by atoms with Crippen molar-refractivity contribution in [2.24, 2.45) is 0 Å². The Labute approximate surface area is 223 Å². The Morgan fingerprint density at radius 3 is 2.21 bits per heavy atom. The molecule has 2 fully saturated rings. The molecule has 3 rings (SSSR count). The van der Waals surface area contributed by atoms with Gasteiger partial charge in [0.25, 0.3) is 5.91 Å². The highest BCUT2D eigenvalue weighted by molar-refractivity contribution is 5.81. The highest BCUT2D eigenvalue weighted by atomic mass is 16.7. The van der Waals surface area contributed by atoms with Crippen molar-refractivity contribution in [3.63, 3.8) is 0 Å². The summed E-state index contributed by atoms with van der Waals surface area (Å²) in [5, 5.41) is 75.6. The van der Waals surface area contributed by atoms with Gasteiger partial charge in [-0.25, -0.2) is 0 Å². The predicted molar refractivity (Wildman–Crippen MR) is 130 cm³/mol. The molecule has 0 bridgehead atoms. The lowest BCUT2D eigenvalue weighted by Gasteiger charge is -2.47. The first-order valence-electron chi connectivity index (χ1n) is 12.3. The Balaban J connectivity index is 1.74. The van der Waals surface area contributed by atoms with Crippen LogP contribution in [0, 0.1) is 0 Å². The van der Waals surface area contributed by atoms with Crippen molar-refractivity contribution >= 4 is 11.8 Å². The summed E-state index contributed by atoms with van der Waals surface area (Å²) in [5.74, 6) is -2.95. The van der Waals surface area contributed by atoms with Gasteiger partial charge in [0, 0.05) is 20.6 Å². The standard InChI is InChI=1S/C24H36N2O13/c1-9-15(26-10(2)28)20(17(32)14(8-27)37-9)38-24-19(34)18(33)21(36-3)22(39-24)23(35)25-5-4-11-6-12(29)16(31)13(30)7-11/h6-7,9,14-15,17-22,24,27,29-34H,4-5,8H2,1-3H3,(H,25,35)(H,26,28). The molecule has 9 N–H and O–H groups in total. The molecule has 0 aromatic heterocycles. The molecule has 2 heterocycles. The number of aliphatic hydroxyl groups excluding tert-OH is 4. The van der Waals surface area contributed by atoms with Crippen LogP contribution in [0.4, 0.5) is 0 Å². The molecular formula is C24H36N2O13. The van der Waals surface area contributed by atoms with Crippen molar-refractivity contribution in [2.45, 2.75) is 81.4 Å². The molecule has 10 atom stereocenters. The topological polar surface area (TPSA) is 237 Å². The van der Waals surface area contributed by atoms with Crippen LogP contribution in [0.1, 0.15) is 19.4 Å². The van der Waals surface area contributed by atoms with E-state index in [-0.39, 0.29) is 13.0 Å². The zero-order valence-corrected chi connectivity index (χ0v) is 21.6. The maximum atomic E-state index is 13.0. The monoisotopic (exact) mass is 560 g/mol. The summed E-state index contributed by atoms with van der Waals surface area (Å²) in [4.78, 5) is 24.8. The van der Waals surface area contributed by atoms with E-state index in [2.05, 4.69) is 10.6 Å². The van der Waals surface area contributed by atoms with E-state index in [0.29, 0.717) is 5.56 Å². The van der Waals surface area contributed by atoms with Gasteiger partial charge in [0.1, 0.15) is 36.6 Å². The minimum absolute atomic E-state index is 0.0120. The maximum absolute atomic E-state index is 13.0. The first-order valence-corrected chi connectivity index (χ1v) is 12.3. The van der Waals surface area contributed by atoms with Crippen LogP contribution < -0.4 is 10.6 Å². The first kappa shape index (κ1) is 30.8. The summed E-state index contributed by atoms with van der Waals surface area (Å²) < 4.78 is 22.3. The number of carbonyl (C=O) groups is 2. The molecular weight excluding hydrogens is 524 g/mol. The van der Waals surface area contributed by atoms with Crippen LogP contribution in [0.3, 0.4) is 0 Å². The number of phenols is 3. The zero-order chi connectivity index (χ0) is 29.0. The Hall–Kier alpha value is -2.76. The number of nitrogens with one attached hydrogen (secondary N) is 2. The largest absolute Gasteiger partial charge is 0.504 e. The average molecular weight is 561 g/mol. The lowest BCUT2D eigenvalue weighted by atomic mass is 9.92. The van der Waals surface area contributed by atoms with Crippen molar-refractivity contribution in [3.05, 3.63) is 17.7 Å². The number of hydrogen-bond donors (Lipinski definition) is 9. The van der Waals surface area contributed by atoms with E-state index in [0.717, 1.165) is 0 Å². The number of aromatic hydroxyl groups is 3. The van der Waals surface area contributed by atoms with E-state index in [4.69, 9.17) is 18.9 Å². The molecule has 220 valence electrons. The molecule has 2 amide bonds. The Morgan fingerprint density at radius 2 is 1.64 bits per heavy atom. The molecule has 2 saturated heterocycles. The number of methoxy groups -OCH3 is 1. The average Bonchev–Trinajstić information content (AvgIpc) is 2.88. The molecule has 0 aliphatic carbocycles. The van der Waals surface area contributed by atoms with E-state index in [1.54, 1.807) is 6.92 Å². The SMILES string of the molecule is COC1C(C(=O)NCCc2cc(O)c(O)c(O)c2)OC(OC2C(O)C(CO)OC(C)C2NC(C)=O)C(O)C1O. The lowest BCUT2D eigenvalue weighted by Crippen LogP contribution is -2.68. The molecule has 2 aliphatic rings. The van der Waals surface area contributed by atoms with Crippen molar-refractivity contribution < 1.29 is 64.3 Å². The van der Waals surface area contributed by atoms with E-state index in [1.807, 2.05) is 0 Å². The van der Waals surface area contributed by atoms with Gasteiger partial charge in [0.2, 0.25) is 5.91 Å². The van der Waals surface area contributed by atoms with Crippen LogP contribution in [-0.2, 0) is 35.0 Å². The van der Waals surface area contributed by atoms with Crippen molar-refractivity contribution in [1.29, 1.82) is 0 Å². The van der Waals surface area contributed by atoms with E-state index < -0.39 is 96.8 Å². The van der Waals surface area contributed by atoms with Gasteiger partial charge in [-0.15, -0.1) is 0 Å². The van der Waals surface area contributed by atoms with Crippen LogP contribution in [-0.4, -0.2) is 129 Å². The molecule has 15 heteroatoms. The fourth-order valence-corrected chi connectivity index (χ4v) is 4.70. The highest BCUT2D eigenvalue weighted by Gasteiger charge is 2.52. The van der Waals surface area contributed by atoms with Crippen molar-refractivity contribution in [2.75, 3.05) is 20.3 Å². The zero-order valence-electron chi connectivity index (χ0n) is 21.6. The number of hydrogen-bond acceptors (Lipinski definition) is 13. The minimum Gasteiger partial charge on any atom is -0.504 e. The Morgan fingerprint density at radius 1 is 1.00 bits per heavy atom. The fourth-order valence-electron chi connectivity index (χ4n) is 4.70. The minimum atomic E-state index is -1.72. The van der Waals surface area contributed by atoms with Crippen LogP contribution in [0.15, 0.2) is 12.1 Å². The summed E-state index contributed by atoms with van der Waals surface area (Å²) in [7, 11) is 1.20. The Kier molecular flexibility index (Phi) is 10.3. The quantitative estimate of drug-likeness (QED) is 0.137. The third-order valence-electron chi connectivity index (χ3n) is 6.73. The van der Waals surface area contributed by atoms with Gasteiger partial charge < -0.3 is 65.3 Å². The van der Waals surface area contributed by atoms with Crippen LogP contribution in [0.2, 0.25) is 0 Å². The maximum Gasteiger partial charge on any atom is 0.252 e. The smallest absolute Gasteiger partial charge is 0.252 e. The lowest BCUT2D eigenvalue weighted by molar-refractivity contribution is -0.325. The third kappa shape index (κ3) is 6.88. The molecule has 39 heavy (non-hydrogen) atoms. The highest BCUT2D eigenvalue weighted by Crippen LogP contribution is 2.35. The predicted octanol–water partition coefficient (Wildman–Crippen LogP) is -3.05. The Bertz CT molecular complexity index is 987. The number of benzene rings is 1. The summed E-state index contributed by atoms with van der Waals surface area (Å²) in [6.45, 7) is 2.25. The van der Waals surface area contributed by atoms with Gasteiger partial charge in [-0.1, -0.05) is 0 Å². The first-order chi connectivity index (χ1) is 18.4. The number of amides is 2. The number of aliphatic hydroxyl groups is 4. The molecule has 1 aromatic rings. The van der Waals surface area contributed by atoms with Crippen molar-refractivity contribution in [3.8, 4) is 17.2 Å². The second kappa shape index (κ2) is 13.1. The molecule has 0 radical (unpaired) electrons. The van der Waals surface area contributed by atoms with Gasteiger partial charge >= 0.3 is 0 Å². The number of ether oxygens (including phenoxy) is 4. The van der Waals surface area contributed by atoms with Gasteiger partial charge in [-0.2, -0.15) is 0 Å². The fraction of sp³-hybridized carbons (Fsp3) is 0.667. The van der Waals surface area contributed by atoms with E-state index in [9.17, 15) is 45.3 Å². The summed E-state index contributed by atoms with van der Waals surface area (Å²) >= 11 is 0. The molecule has 2 aliphatic heterocycles. The molecule has 1 aromatic carbocycles. The normalized spacial score (nSPS) is 34.8. The van der Waals surface area contributed by atoms with Crippen LogP contribution in [0.5, 0.6) is 17.2 Å². The summed E-state index contributed by atoms with van der Waals surface area (Å²) in [5.41, 5.74) is 0.401. The van der Waals surface area contributed by atoms with Gasteiger partial charge in [0.15, 0.2) is 29.6 Å². The van der Waals surface area contributed by atoms with Crippen LogP contribution in [0.25, 0.3) is 0 Å². The summed E-state index contributed by atoms with van der Waals surface area (Å²) in [6, 6.07) is 1.50. The molecule has 15 nitrogen and oxygen atoms in total. The summed E-state index contributed by atoms with van der Waals surface area (Å²) in [6.07, 6.45) is -12.2. The number of rotatable bonds is 9. The van der Waals surface area contributed by atoms with Gasteiger partial charge in [-0.3, -0.25) is 9.59 Å². The van der Waals surface area contributed by atoms with Gasteiger partial charge in [0.05, 0.1) is 18.8 Å².